The minimum absolute atomic E-state index is 0.0287. The molecule has 0 aromatic rings. The molecule has 6 heteroatoms. The van der Waals surface area contributed by atoms with Gasteiger partial charge in [0, 0.05) is 25.4 Å². The van der Waals surface area contributed by atoms with Crippen LogP contribution in [0.2, 0.25) is 0 Å². The molecule has 2 saturated heterocycles. The Bertz CT molecular complexity index is 590. The van der Waals surface area contributed by atoms with Gasteiger partial charge >= 0.3 is 6.09 Å². The molecular formula is C18H26N2O4. The van der Waals surface area contributed by atoms with E-state index in [1.165, 1.54) is 0 Å². The molecule has 0 spiro atoms. The maximum absolute atomic E-state index is 12.5. The molecule has 132 valence electrons. The Morgan fingerprint density at radius 3 is 2.75 bits per heavy atom. The number of allylic oxidation sites excluding steroid dienone is 1. The third kappa shape index (κ3) is 3.28. The number of hydrogen-bond acceptors (Lipinski definition) is 4. The van der Waals surface area contributed by atoms with Crippen LogP contribution in [0.25, 0.3) is 0 Å². The Hall–Kier alpha value is -1.98. The fourth-order valence-electron chi connectivity index (χ4n) is 3.67. The molecule has 24 heavy (non-hydrogen) atoms. The number of hydrogen-bond donors (Lipinski definition) is 0. The van der Waals surface area contributed by atoms with Gasteiger partial charge in [-0.15, -0.1) is 0 Å². The second kappa shape index (κ2) is 6.15. The number of likely N-dealkylation sites (tertiary alicyclic amines) is 2. The lowest BCUT2D eigenvalue weighted by molar-refractivity contribution is -0.130. The third-order valence-corrected chi connectivity index (χ3v) is 4.75. The second-order valence-corrected chi connectivity index (χ2v) is 7.66. The zero-order valence-corrected chi connectivity index (χ0v) is 14.8. The summed E-state index contributed by atoms with van der Waals surface area (Å²) in [6.45, 7) is 6.73. The van der Waals surface area contributed by atoms with Gasteiger partial charge in [0.25, 0.3) is 0 Å². The number of fused-ring (bicyclic) bond motifs is 1. The summed E-state index contributed by atoms with van der Waals surface area (Å²) < 4.78 is 10.8. The van der Waals surface area contributed by atoms with Crippen molar-refractivity contribution in [3.05, 3.63) is 24.0 Å². The molecule has 2 aliphatic heterocycles. The summed E-state index contributed by atoms with van der Waals surface area (Å²) in [5.74, 6) is 1.14. The fourth-order valence-corrected chi connectivity index (χ4v) is 3.67. The van der Waals surface area contributed by atoms with Crippen molar-refractivity contribution in [2.24, 2.45) is 5.92 Å². The van der Waals surface area contributed by atoms with E-state index < -0.39 is 5.60 Å². The maximum Gasteiger partial charge on any atom is 0.410 e. The zero-order valence-electron chi connectivity index (χ0n) is 14.8. The van der Waals surface area contributed by atoms with Crippen LogP contribution in [0.15, 0.2) is 24.0 Å². The summed E-state index contributed by atoms with van der Waals surface area (Å²) in [5, 5.41) is 0. The first-order valence-corrected chi connectivity index (χ1v) is 8.51. The van der Waals surface area contributed by atoms with Crippen LogP contribution in [0.1, 0.15) is 33.6 Å². The highest BCUT2D eigenvalue weighted by atomic mass is 16.6. The van der Waals surface area contributed by atoms with Crippen molar-refractivity contribution in [3.8, 4) is 0 Å². The molecule has 3 atom stereocenters. The lowest BCUT2D eigenvalue weighted by Gasteiger charge is -2.32. The van der Waals surface area contributed by atoms with Crippen molar-refractivity contribution in [2.75, 3.05) is 20.2 Å². The molecule has 2 fully saturated rings. The van der Waals surface area contributed by atoms with Crippen molar-refractivity contribution in [1.82, 2.24) is 9.80 Å². The predicted molar refractivity (Wildman–Crippen MR) is 89.2 cm³/mol. The van der Waals surface area contributed by atoms with Crippen LogP contribution < -0.4 is 0 Å². The normalized spacial score (nSPS) is 29.6. The van der Waals surface area contributed by atoms with Crippen molar-refractivity contribution in [3.63, 3.8) is 0 Å². The Morgan fingerprint density at radius 1 is 1.33 bits per heavy atom. The number of carbonyl (C=O) groups is 2. The van der Waals surface area contributed by atoms with E-state index >= 15 is 0 Å². The average molecular weight is 334 g/mol. The topological polar surface area (TPSA) is 59.1 Å². The monoisotopic (exact) mass is 334 g/mol. The van der Waals surface area contributed by atoms with Gasteiger partial charge < -0.3 is 19.3 Å². The summed E-state index contributed by atoms with van der Waals surface area (Å²) in [6, 6.07) is 0.0712. The number of carbonyl (C=O) groups excluding carboxylic acids is 2. The average Bonchev–Trinajstić information content (AvgIpc) is 3.07. The fraction of sp³-hybridized carbons (Fsp3) is 0.667. The SMILES string of the molecule is COC1=CC2C(C=C1)CC(=O)N2[C@H]1CCN(C(=O)OC(C)(C)C)C1. The predicted octanol–water partition coefficient (Wildman–Crippen LogP) is 2.31. The van der Waals surface area contributed by atoms with Crippen LogP contribution in [0.4, 0.5) is 4.79 Å². The quantitative estimate of drug-likeness (QED) is 0.777. The van der Waals surface area contributed by atoms with Gasteiger partial charge in [-0.1, -0.05) is 6.08 Å². The third-order valence-electron chi connectivity index (χ3n) is 4.75. The molecule has 2 unspecified atom stereocenters. The molecule has 0 N–H and O–H groups in total. The Balaban J connectivity index is 1.69. The lowest BCUT2D eigenvalue weighted by atomic mass is 9.94. The molecule has 0 saturated carbocycles. The van der Waals surface area contributed by atoms with Crippen molar-refractivity contribution in [1.29, 1.82) is 0 Å². The van der Waals surface area contributed by atoms with Crippen molar-refractivity contribution < 1.29 is 19.1 Å². The number of rotatable bonds is 2. The van der Waals surface area contributed by atoms with E-state index in [4.69, 9.17) is 9.47 Å². The van der Waals surface area contributed by atoms with E-state index in [1.54, 1.807) is 12.0 Å². The van der Waals surface area contributed by atoms with E-state index in [1.807, 2.05) is 37.8 Å². The molecule has 6 nitrogen and oxygen atoms in total. The van der Waals surface area contributed by atoms with Crippen LogP contribution >= 0.6 is 0 Å². The van der Waals surface area contributed by atoms with Crippen LogP contribution in [-0.4, -0.2) is 59.7 Å². The molecule has 3 rings (SSSR count). The highest BCUT2D eigenvalue weighted by Gasteiger charge is 2.45. The molecule has 0 aromatic carbocycles. The molecule has 0 radical (unpaired) electrons. The Kier molecular flexibility index (Phi) is 4.32. The van der Waals surface area contributed by atoms with Gasteiger partial charge in [-0.3, -0.25) is 4.79 Å². The molecule has 0 bridgehead atoms. The Labute approximate surface area is 143 Å². The molecule has 2 heterocycles. The molecule has 2 amide bonds. The van der Waals surface area contributed by atoms with Crippen molar-refractivity contribution >= 4 is 12.0 Å². The lowest BCUT2D eigenvalue weighted by Crippen LogP contribution is -2.45. The van der Waals surface area contributed by atoms with Gasteiger partial charge in [0.1, 0.15) is 11.4 Å². The summed E-state index contributed by atoms with van der Waals surface area (Å²) in [5.41, 5.74) is -0.506. The highest BCUT2D eigenvalue weighted by Crippen LogP contribution is 2.35. The largest absolute Gasteiger partial charge is 0.497 e. The maximum atomic E-state index is 12.5. The number of methoxy groups -OCH3 is 1. The molecular weight excluding hydrogens is 308 g/mol. The summed E-state index contributed by atoms with van der Waals surface area (Å²) >= 11 is 0. The van der Waals surface area contributed by atoms with E-state index in [9.17, 15) is 9.59 Å². The molecule has 0 aromatic heterocycles. The first-order chi connectivity index (χ1) is 11.3. The van der Waals surface area contributed by atoms with Crippen LogP contribution in [0, 0.1) is 5.92 Å². The van der Waals surface area contributed by atoms with Crippen LogP contribution in [-0.2, 0) is 14.3 Å². The highest BCUT2D eigenvalue weighted by molar-refractivity contribution is 5.81. The number of ether oxygens (including phenoxy) is 2. The first kappa shape index (κ1) is 16.9. The first-order valence-electron chi connectivity index (χ1n) is 8.51. The van der Waals surface area contributed by atoms with Crippen LogP contribution in [0.3, 0.4) is 0 Å². The standard InChI is InChI=1S/C18H26N2O4/c1-18(2,3)24-17(22)19-8-7-13(11-19)20-15-10-14(23-4)6-5-12(15)9-16(20)21/h5-6,10,12-13,15H,7-9,11H2,1-4H3/t12?,13-,15?/m0/s1. The van der Waals surface area contributed by atoms with Gasteiger partial charge in [-0.25, -0.2) is 4.79 Å². The van der Waals surface area contributed by atoms with Gasteiger partial charge in [0.15, 0.2) is 0 Å². The zero-order chi connectivity index (χ0) is 17.5. The minimum atomic E-state index is -0.506. The second-order valence-electron chi connectivity index (χ2n) is 7.66. The number of amides is 2. The van der Waals surface area contributed by atoms with Gasteiger partial charge in [0.05, 0.1) is 19.2 Å². The summed E-state index contributed by atoms with van der Waals surface area (Å²) in [4.78, 5) is 28.4. The molecule has 3 aliphatic rings. The summed E-state index contributed by atoms with van der Waals surface area (Å²) in [6.07, 6.45) is 7.02. The molecule has 1 aliphatic carbocycles. The van der Waals surface area contributed by atoms with E-state index in [0.717, 1.165) is 12.2 Å². The van der Waals surface area contributed by atoms with Gasteiger partial charge in [-0.05, 0) is 39.3 Å². The smallest absolute Gasteiger partial charge is 0.410 e. The minimum Gasteiger partial charge on any atom is -0.497 e. The van der Waals surface area contributed by atoms with E-state index in [0.29, 0.717) is 19.5 Å². The van der Waals surface area contributed by atoms with E-state index in [-0.39, 0.29) is 30.0 Å². The Morgan fingerprint density at radius 2 is 2.08 bits per heavy atom. The van der Waals surface area contributed by atoms with Crippen molar-refractivity contribution in [2.45, 2.75) is 51.3 Å². The summed E-state index contributed by atoms with van der Waals surface area (Å²) in [7, 11) is 1.64. The van der Waals surface area contributed by atoms with Crippen LogP contribution in [0.5, 0.6) is 0 Å². The number of nitrogens with zero attached hydrogens (tertiary/aromatic N) is 2. The van der Waals surface area contributed by atoms with Gasteiger partial charge in [-0.2, -0.15) is 0 Å². The van der Waals surface area contributed by atoms with E-state index in [2.05, 4.69) is 6.08 Å². The van der Waals surface area contributed by atoms with Gasteiger partial charge in [0.2, 0.25) is 5.91 Å².